The maximum atomic E-state index is 5.69. The minimum atomic E-state index is 0.116. The van der Waals surface area contributed by atoms with Crippen LogP contribution in [0.3, 0.4) is 0 Å². The third-order valence-corrected chi connectivity index (χ3v) is 3.56. The minimum absolute atomic E-state index is 0.116. The van der Waals surface area contributed by atoms with Crippen LogP contribution in [0.1, 0.15) is 36.3 Å². The summed E-state index contributed by atoms with van der Waals surface area (Å²) in [5.74, 6) is 7.57. The Hall–Kier alpha value is -1.78. The third kappa shape index (κ3) is 3.40. The molecule has 4 heteroatoms. The van der Waals surface area contributed by atoms with Crippen molar-refractivity contribution in [1.82, 2.24) is 5.43 Å². The summed E-state index contributed by atoms with van der Waals surface area (Å²) < 4.78 is 10.6. The average molecular weight is 274 g/mol. The van der Waals surface area contributed by atoms with Crippen molar-refractivity contribution >= 4 is 0 Å². The van der Waals surface area contributed by atoms with Gasteiger partial charge in [0, 0.05) is 18.0 Å². The molecule has 0 saturated carbocycles. The molecule has 4 nitrogen and oxygen atoms in total. The largest absolute Gasteiger partial charge is 0.497 e. The van der Waals surface area contributed by atoms with E-state index in [0.717, 1.165) is 36.3 Å². The first kappa shape index (κ1) is 14.6. The van der Waals surface area contributed by atoms with Crippen molar-refractivity contribution in [2.75, 3.05) is 7.11 Å². The molecule has 1 atom stereocenters. The predicted octanol–water partition coefficient (Wildman–Crippen LogP) is 2.99. The van der Waals surface area contributed by atoms with Gasteiger partial charge in [-0.15, -0.1) is 0 Å². The summed E-state index contributed by atoms with van der Waals surface area (Å²) in [4.78, 5) is 0. The summed E-state index contributed by atoms with van der Waals surface area (Å²) >= 11 is 0. The third-order valence-electron chi connectivity index (χ3n) is 3.56. The molecule has 2 rings (SSSR count). The number of rotatable bonds is 7. The van der Waals surface area contributed by atoms with Crippen molar-refractivity contribution in [2.45, 2.75) is 32.2 Å². The van der Waals surface area contributed by atoms with E-state index in [1.54, 1.807) is 13.4 Å². The highest BCUT2D eigenvalue weighted by molar-refractivity contribution is 5.28. The molecule has 1 unspecified atom stereocenters. The SMILES string of the molecule is CCc1occc1C(CCc1ccc(OC)cc1)NN. The highest BCUT2D eigenvalue weighted by Crippen LogP contribution is 2.24. The van der Waals surface area contributed by atoms with Gasteiger partial charge in [-0.3, -0.25) is 11.3 Å². The molecule has 3 N–H and O–H groups in total. The minimum Gasteiger partial charge on any atom is -0.497 e. The van der Waals surface area contributed by atoms with Crippen molar-refractivity contribution in [3.8, 4) is 5.75 Å². The molecule has 1 aromatic carbocycles. The number of hydrogen-bond donors (Lipinski definition) is 2. The number of nitrogens with one attached hydrogen (secondary N) is 1. The van der Waals surface area contributed by atoms with Gasteiger partial charge in [0.15, 0.2) is 0 Å². The van der Waals surface area contributed by atoms with E-state index in [1.165, 1.54) is 5.56 Å². The monoisotopic (exact) mass is 274 g/mol. The lowest BCUT2D eigenvalue weighted by atomic mass is 9.99. The first-order valence-corrected chi connectivity index (χ1v) is 6.93. The van der Waals surface area contributed by atoms with Gasteiger partial charge in [0.2, 0.25) is 0 Å². The van der Waals surface area contributed by atoms with Gasteiger partial charge in [0.1, 0.15) is 11.5 Å². The highest BCUT2D eigenvalue weighted by atomic mass is 16.5. The van der Waals surface area contributed by atoms with Crippen LogP contribution in [0.2, 0.25) is 0 Å². The highest BCUT2D eigenvalue weighted by Gasteiger charge is 2.15. The van der Waals surface area contributed by atoms with Gasteiger partial charge in [-0.1, -0.05) is 19.1 Å². The molecule has 0 aliphatic carbocycles. The normalized spacial score (nSPS) is 12.3. The van der Waals surface area contributed by atoms with E-state index >= 15 is 0 Å². The van der Waals surface area contributed by atoms with Gasteiger partial charge >= 0.3 is 0 Å². The molecule has 0 saturated heterocycles. The zero-order valence-electron chi connectivity index (χ0n) is 12.1. The number of methoxy groups -OCH3 is 1. The number of hydrazine groups is 1. The fourth-order valence-corrected chi connectivity index (χ4v) is 2.38. The zero-order chi connectivity index (χ0) is 14.4. The quantitative estimate of drug-likeness (QED) is 0.602. The molecule has 20 heavy (non-hydrogen) atoms. The molecule has 0 aliphatic rings. The van der Waals surface area contributed by atoms with Crippen LogP contribution in [0.25, 0.3) is 0 Å². The maximum absolute atomic E-state index is 5.69. The Balaban J connectivity index is 2.00. The van der Waals surface area contributed by atoms with Crippen molar-refractivity contribution < 1.29 is 9.15 Å². The summed E-state index contributed by atoms with van der Waals surface area (Å²) in [7, 11) is 1.68. The number of nitrogens with two attached hydrogens (primary N) is 1. The average Bonchev–Trinajstić information content (AvgIpc) is 2.97. The molecule has 108 valence electrons. The van der Waals surface area contributed by atoms with E-state index in [0.29, 0.717) is 0 Å². The maximum Gasteiger partial charge on any atom is 0.118 e. The Kier molecular flexibility index (Phi) is 5.21. The van der Waals surface area contributed by atoms with Crippen LogP contribution in [-0.2, 0) is 12.8 Å². The summed E-state index contributed by atoms with van der Waals surface area (Å²) in [6.07, 6.45) is 4.48. The van der Waals surface area contributed by atoms with Crippen LogP contribution in [0.15, 0.2) is 41.0 Å². The molecular weight excluding hydrogens is 252 g/mol. The second kappa shape index (κ2) is 7.12. The van der Waals surface area contributed by atoms with E-state index in [1.807, 2.05) is 18.2 Å². The first-order valence-electron chi connectivity index (χ1n) is 6.93. The molecule has 1 heterocycles. The van der Waals surface area contributed by atoms with Gasteiger partial charge in [0.05, 0.1) is 13.4 Å². The molecule has 0 radical (unpaired) electrons. The second-order valence-electron chi connectivity index (χ2n) is 4.76. The van der Waals surface area contributed by atoms with Gasteiger partial charge < -0.3 is 9.15 Å². The van der Waals surface area contributed by atoms with Crippen molar-refractivity contribution in [1.29, 1.82) is 0 Å². The predicted molar refractivity (Wildman–Crippen MR) is 79.5 cm³/mol. The number of furan rings is 1. The summed E-state index contributed by atoms with van der Waals surface area (Å²) in [6.45, 7) is 2.08. The number of aryl methyl sites for hydroxylation is 2. The van der Waals surface area contributed by atoms with Gasteiger partial charge in [-0.05, 0) is 36.6 Å². The first-order chi connectivity index (χ1) is 9.78. The van der Waals surface area contributed by atoms with E-state index in [9.17, 15) is 0 Å². The van der Waals surface area contributed by atoms with Crippen LogP contribution in [-0.4, -0.2) is 7.11 Å². The van der Waals surface area contributed by atoms with Gasteiger partial charge in [-0.25, -0.2) is 0 Å². The Morgan fingerprint density at radius 2 is 2.00 bits per heavy atom. The van der Waals surface area contributed by atoms with E-state index in [2.05, 4.69) is 24.5 Å². The lowest BCUT2D eigenvalue weighted by molar-refractivity contribution is 0.414. The number of hydrogen-bond acceptors (Lipinski definition) is 4. The Morgan fingerprint density at radius 1 is 1.25 bits per heavy atom. The standard InChI is InChI=1S/C16H22N2O2/c1-3-16-14(10-11-20-16)15(18-17)9-6-12-4-7-13(19-2)8-5-12/h4-5,7-8,10-11,15,18H,3,6,9,17H2,1-2H3. The van der Waals surface area contributed by atoms with Crippen LogP contribution < -0.4 is 16.0 Å². The van der Waals surface area contributed by atoms with Crippen molar-refractivity contribution in [2.24, 2.45) is 5.84 Å². The lowest BCUT2D eigenvalue weighted by Crippen LogP contribution is -2.28. The van der Waals surface area contributed by atoms with Crippen molar-refractivity contribution in [3.05, 3.63) is 53.5 Å². The van der Waals surface area contributed by atoms with E-state index < -0.39 is 0 Å². The molecule has 0 aliphatic heterocycles. The smallest absolute Gasteiger partial charge is 0.118 e. The van der Waals surface area contributed by atoms with Crippen molar-refractivity contribution in [3.63, 3.8) is 0 Å². The fraction of sp³-hybridized carbons (Fsp3) is 0.375. The van der Waals surface area contributed by atoms with Crippen LogP contribution in [0.4, 0.5) is 0 Å². The van der Waals surface area contributed by atoms with Crippen LogP contribution >= 0.6 is 0 Å². The molecule has 0 fully saturated rings. The molecule has 0 amide bonds. The van der Waals surface area contributed by atoms with Crippen LogP contribution in [0.5, 0.6) is 5.75 Å². The Labute approximate surface area is 119 Å². The number of ether oxygens (including phenoxy) is 1. The topological polar surface area (TPSA) is 60.4 Å². The molecule has 2 aromatic rings. The number of benzene rings is 1. The van der Waals surface area contributed by atoms with Gasteiger partial charge in [-0.2, -0.15) is 0 Å². The molecule has 0 spiro atoms. The molecule has 0 bridgehead atoms. The second-order valence-corrected chi connectivity index (χ2v) is 4.76. The zero-order valence-corrected chi connectivity index (χ0v) is 12.1. The van der Waals surface area contributed by atoms with Crippen LogP contribution in [0, 0.1) is 0 Å². The fourth-order valence-electron chi connectivity index (χ4n) is 2.38. The lowest BCUT2D eigenvalue weighted by Gasteiger charge is -2.16. The summed E-state index contributed by atoms with van der Waals surface area (Å²) in [5.41, 5.74) is 5.31. The summed E-state index contributed by atoms with van der Waals surface area (Å²) in [6, 6.07) is 10.2. The van der Waals surface area contributed by atoms with Gasteiger partial charge in [0.25, 0.3) is 0 Å². The van der Waals surface area contributed by atoms with E-state index in [-0.39, 0.29) is 6.04 Å². The Morgan fingerprint density at radius 3 is 2.60 bits per heavy atom. The molecule has 1 aromatic heterocycles. The van der Waals surface area contributed by atoms with E-state index in [4.69, 9.17) is 15.0 Å². The molecular formula is C16H22N2O2. The Bertz CT molecular complexity index is 520. The summed E-state index contributed by atoms with van der Waals surface area (Å²) in [5, 5.41) is 0.